The molecule has 130 valence electrons. The van der Waals surface area contributed by atoms with E-state index in [1.807, 2.05) is 0 Å². The maximum absolute atomic E-state index is 12.8. The number of alkyl halides is 3. The van der Waals surface area contributed by atoms with Crippen molar-refractivity contribution in [2.24, 2.45) is 0 Å². The van der Waals surface area contributed by atoms with Crippen molar-refractivity contribution in [3.63, 3.8) is 0 Å². The highest BCUT2D eigenvalue weighted by molar-refractivity contribution is 6.48. The Morgan fingerprint density at radius 3 is 2.33 bits per heavy atom. The first-order valence-electron chi connectivity index (χ1n) is 6.89. The van der Waals surface area contributed by atoms with Gasteiger partial charge < -0.3 is 9.64 Å². The van der Waals surface area contributed by atoms with E-state index < -0.39 is 34.8 Å². The second kappa shape index (κ2) is 7.76. The lowest BCUT2D eigenvalue weighted by molar-refractivity contribution is -0.151. The smallest absolute Gasteiger partial charge is 0.416 e. The second-order valence-electron chi connectivity index (χ2n) is 4.96. The number of Topliss-reactive ketones (excluding diaryl/α,β-unsaturated/α-hetero) is 2. The van der Waals surface area contributed by atoms with Crippen molar-refractivity contribution in [1.29, 1.82) is 0 Å². The molecular formula is C16H16F3NO4. The molecule has 0 bridgehead atoms. The average molecular weight is 343 g/mol. The van der Waals surface area contributed by atoms with E-state index in [0.717, 1.165) is 24.4 Å². The molecule has 0 aliphatic carbocycles. The van der Waals surface area contributed by atoms with Crippen molar-refractivity contribution in [1.82, 2.24) is 4.90 Å². The van der Waals surface area contributed by atoms with E-state index in [4.69, 9.17) is 0 Å². The lowest BCUT2D eigenvalue weighted by Crippen LogP contribution is -2.26. The number of ether oxygens (including phenoxy) is 1. The van der Waals surface area contributed by atoms with Crippen LogP contribution in [0.3, 0.4) is 0 Å². The summed E-state index contributed by atoms with van der Waals surface area (Å²) in [7, 11) is 3.00. The van der Waals surface area contributed by atoms with Crippen LogP contribution in [0.1, 0.15) is 22.8 Å². The lowest BCUT2D eigenvalue weighted by Gasteiger charge is -2.12. The molecule has 1 aromatic carbocycles. The van der Waals surface area contributed by atoms with Gasteiger partial charge in [-0.3, -0.25) is 9.59 Å². The number of hydrogen-bond donors (Lipinski definition) is 0. The first-order valence-corrected chi connectivity index (χ1v) is 6.89. The number of benzene rings is 1. The van der Waals surface area contributed by atoms with Crippen LogP contribution in [-0.4, -0.2) is 43.1 Å². The van der Waals surface area contributed by atoms with Gasteiger partial charge in [-0.25, -0.2) is 4.79 Å². The number of halogens is 3. The van der Waals surface area contributed by atoms with Gasteiger partial charge in [0.2, 0.25) is 0 Å². The largest absolute Gasteiger partial charge is 0.460 e. The fourth-order valence-electron chi connectivity index (χ4n) is 1.78. The van der Waals surface area contributed by atoms with Crippen molar-refractivity contribution < 1.29 is 32.3 Å². The molecule has 0 aromatic heterocycles. The molecule has 0 fully saturated rings. The summed E-state index contributed by atoms with van der Waals surface area (Å²) in [6.45, 7) is 1.41. The third-order valence-corrected chi connectivity index (χ3v) is 2.79. The Morgan fingerprint density at radius 1 is 1.21 bits per heavy atom. The number of rotatable bonds is 6. The van der Waals surface area contributed by atoms with E-state index in [-0.39, 0.29) is 12.2 Å². The molecule has 0 aliphatic rings. The Labute approximate surface area is 136 Å². The summed E-state index contributed by atoms with van der Waals surface area (Å²) in [5, 5.41) is 0. The summed E-state index contributed by atoms with van der Waals surface area (Å²) in [6, 6.07) is 3.63. The molecule has 0 atom stereocenters. The van der Waals surface area contributed by atoms with E-state index in [1.54, 1.807) is 0 Å². The van der Waals surface area contributed by atoms with Crippen molar-refractivity contribution in [3.8, 4) is 0 Å². The average Bonchev–Trinajstić information content (AvgIpc) is 2.50. The van der Waals surface area contributed by atoms with E-state index in [1.165, 1.54) is 25.9 Å². The lowest BCUT2D eigenvalue weighted by atomic mass is 9.99. The number of carbonyl (C=O) groups is 3. The third-order valence-electron chi connectivity index (χ3n) is 2.79. The molecule has 0 spiro atoms. The van der Waals surface area contributed by atoms with Crippen LogP contribution in [0.5, 0.6) is 0 Å². The fourth-order valence-corrected chi connectivity index (χ4v) is 1.78. The quantitative estimate of drug-likeness (QED) is 0.198. The monoisotopic (exact) mass is 343 g/mol. The molecule has 0 aliphatic heterocycles. The van der Waals surface area contributed by atoms with Gasteiger partial charge in [-0.1, -0.05) is 12.1 Å². The molecule has 5 nitrogen and oxygen atoms in total. The molecule has 0 heterocycles. The van der Waals surface area contributed by atoms with Gasteiger partial charge in [0.05, 0.1) is 17.7 Å². The van der Waals surface area contributed by atoms with Gasteiger partial charge in [0.25, 0.3) is 5.78 Å². The molecule has 0 saturated carbocycles. The van der Waals surface area contributed by atoms with Crippen LogP contribution < -0.4 is 0 Å². The third kappa shape index (κ3) is 4.94. The van der Waals surface area contributed by atoms with Crippen LogP contribution in [0, 0.1) is 0 Å². The van der Waals surface area contributed by atoms with E-state index in [0.29, 0.717) is 6.07 Å². The van der Waals surface area contributed by atoms with Crippen LogP contribution in [0.15, 0.2) is 36.0 Å². The molecular weight excluding hydrogens is 327 g/mol. The highest BCUT2D eigenvalue weighted by Gasteiger charge is 2.32. The van der Waals surface area contributed by atoms with Crippen molar-refractivity contribution in [2.75, 3.05) is 20.7 Å². The summed E-state index contributed by atoms with van der Waals surface area (Å²) in [4.78, 5) is 37.4. The Balaban J connectivity index is 3.28. The van der Waals surface area contributed by atoms with Crippen molar-refractivity contribution in [2.45, 2.75) is 13.1 Å². The topological polar surface area (TPSA) is 63.7 Å². The number of esters is 1. The van der Waals surface area contributed by atoms with E-state index in [9.17, 15) is 27.6 Å². The number of ketones is 2. The highest BCUT2D eigenvalue weighted by atomic mass is 19.4. The SMILES string of the molecule is CCOC(=O)C(=O)/C(=C\N(C)C)C(=O)c1cccc(C(F)(F)F)c1. The minimum Gasteiger partial charge on any atom is -0.460 e. The zero-order valence-corrected chi connectivity index (χ0v) is 13.3. The molecule has 0 amide bonds. The summed E-state index contributed by atoms with van der Waals surface area (Å²) < 4.78 is 42.8. The predicted molar refractivity (Wildman–Crippen MR) is 79.2 cm³/mol. The minimum atomic E-state index is -4.63. The Kier molecular flexibility index (Phi) is 6.27. The first kappa shape index (κ1) is 19.4. The van der Waals surface area contributed by atoms with Crippen LogP contribution in [0.25, 0.3) is 0 Å². The normalized spacial score (nSPS) is 11.8. The van der Waals surface area contributed by atoms with Crippen LogP contribution in [0.2, 0.25) is 0 Å². The molecule has 8 heteroatoms. The molecule has 1 rings (SSSR count). The minimum absolute atomic E-state index is 0.0719. The van der Waals surface area contributed by atoms with Gasteiger partial charge in [-0.15, -0.1) is 0 Å². The maximum Gasteiger partial charge on any atom is 0.416 e. The van der Waals surface area contributed by atoms with Gasteiger partial charge in [-0.05, 0) is 19.1 Å². The summed E-state index contributed by atoms with van der Waals surface area (Å²) in [5.74, 6) is -3.45. The van der Waals surface area contributed by atoms with Crippen LogP contribution in [0.4, 0.5) is 13.2 Å². The van der Waals surface area contributed by atoms with Gasteiger partial charge in [0.15, 0.2) is 5.78 Å². The Bertz CT molecular complexity index is 678. The molecule has 0 radical (unpaired) electrons. The number of nitrogens with zero attached hydrogens (tertiary/aromatic N) is 1. The van der Waals surface area contributed by atoms with Crippen molar-refractivity contribution in [3.05, 3.63) is 47.2 Å². The zero-order chi connectivity index (χ0) is 18.5. The van der Waals surface area contributed by atoms with Gasteiger partial charge in [-0.2, -0.15) is 13.2 Å². The Hall–Kier alpha value is -2.64. The van der Waals surface area contributed by atoms with Crippen molar-refractivity contribution >= 4 is 17.5 Å². The summed E-state index contributed by atoms with van der Waals surface area (Å²) in [5.41, 5.74) is -1.95. The van der Waals surface area contributed by atoms with Crippen LogP contribution in [-0.2, 0) is 20.5 Å². The number of carbonyl (C=O) groups excluding carboxylic acids is 3. The summed E-state index contributed by atoms with van der Waals surface area (Å²) >= 11 is 0. The molecule has 0 saturated heterocycles. The van der Waals surface area contributed by atoms with E-state index >= 15 is 0 Å². The zero-order valence-electron chi connectivity index (χ0n) is 13.3. The van der Waals surface area contributed by atoms with Gasteiger partial charge in [0.1, 0.15) is 0 Å². The number of hydrogen-bond acceptors (Lipinski definition) is 5. The summed E-state index contributed by atoms with van der Waals surface area (Å²) in [6.07, 6.45) is -3.56. The van der Waals surface area contributed by atoms with Crippen LogP contribution >= 0.6 is 0 Å². The molecule has 1 aromatic rings. The molecule has 0 N–H and O–H groups in total. The predicted octanol–water partition coefficient (Wildman–Crippen LogP) is 2.47. The molecule has 0 unspecified atom stereocenters. The maximum atomic E-state index is 12.8. The second-order valence-corrected chi connectivity index (χ2v) is 4.96. The van der Waals surface area contributed by atoms with Gasteiger partial charge in [0, 0.05) is 25.9 Å². The standard InChI is InChI=1S/C16H16F3NO4/c1-4-24-15(23)14(22)12(9-20(2)3)13(21)10-6-5-7-11(8-10)16(17,18)19/h5-9H,4H2,1-3H3/b12-9-. The Morgan fingerprint density at radius 2 is 1.83 bits per heavy atom. The van der Waals surface area contributed by atoms with E-state index in [2.05, 4.69) is 4.74 Å². The van der Waals surface area contributed by atoms with Gasteiger partial charge >= 0.3 is 12.1 Å². The first-order chi connectivity index (χ1) is 11.1. The molecule has 24 heavy (non-hydrogen) atoms. The fraction of sp³-hybridized carbons (Fsp3) is 0.312. The highest BCUT2D eigenvalue weighted by Crippen LogP contribution is 2.30.